The summed E-state index contributed by atoms with van der Waals surface area (Å²) < 4.78 is 33.7. The minimum Gasteiger partial charge on any atom is -0.508 e. The molecule has 1 atom stereocenters. The molecule has 1 aromatic heterocycles. The Labute approximate surface area is 151 Å². The first-order valence-electron chi connectivity index (χ1n) is 8.29. The zero-order chi connectivity index (χ0) is 18.1. The molecule has 4 rings (SSSR count). The number of fused-ring (bicyclic) bond motifs is 1. The van der Waals surface area contributed by atoms with E-state index in [0.717, 1.165) is 10.9 Å². The van der Waals surface area contributed by atoms with Crippen molar-refractivity contribution in [2.24, 2.45) is 0 Å². The van der Waals surface area contributed by atoms with Crippen LogP contribution >= 0.6 is 0 Å². The van der Waals surface area contributed by atoms with Crippen LogP contribution in [0, 0.1) is 0 Å². The molecule has 2 heterocycles. The van der Waals surface area contributed by atoms with Crippen molar-refractivity contribution in [2.45, 2.75) is 11.0 Å². The second kappa shape index (κ2) is 6.68. The Morgan fingerprint density at radius 3 is 2.85 bits per heavy atom. The van der Waals surface area contributed by atoms with E-state index in [4.69, 9.17) is 4.74 Å². The van der Waals surface area contributed by atoms with Crippen LogP contribution in [0.5, 0.6) is 5.75 Å². The smallest absolute Gasteiger partial charge is 0.243 e. The molecule has 0 aliphatic carbocycles. The van der Waals surface area contributed by atoms with Gasteiger partial charge in [0.1, 0.15) is 5.75 Å². The molecule has 0 spiro atoms. The second-order valence-electron chi connectivity index (χ2n) is 6.17. The van der Waals surface area contributed by atoms with Crippen LogP contribution in [0.2, 0.25) is 0 Å². The van der Waals surface area contributed by atoms with Crippen molar-refractivity contribution in [1.29, 1.82) is 0 Å². The molecule has 0 amide bonds. The maximum absolute atomic E-state index is 13.2. The van der Waals surface area contributed by atoms with Crippen molar-refractivity contribution in [1.82, 2.24) is 9.29 Å². The van der Waals surface area contributed by atoms with E-state index in [0.29, 0.717) is 18.5 Å². The number of pyridine rings is 1. The molecule has 3 aromatic rings. The van der Waals surface area contributed by atoms with Crippen LogP contribution in [0.4, 0.5) is 0 Å². The highest BCUT2D eigenvalue weighted by atomic mass is 32.2. The van der Waals surface area contributed by atoms with Crippen molar-refractivity contribution in [3.05, 3.63) is 66.5 Å². The average Bonchev–Trinajstić information content (AvgIpc) is 2.67. The number of nitrogens with zero attached hydrogens (tertiary/aromatic N) is 2. The van der Waals surface area contributed by atoms with Crippen molar-refractivity contribution in [3.8, 4) is 5.75 Å². The summed E-state index contributed by atoms with van der Waals surface area (Å²) in [7, 11) is -3.68. The number of morpholine rings is 1. The van der Waals surface area contributed by atoms with E-state index in [1.54, 1.807) is 48.8 Å². The molecule has 26 heavy (non-hydrogen) atoms. The van der Waals surface area contributed by atoms with Gasteiger partial charge in [-0.2, -0.15) is 4.31 Å². The topological polar surface area (TPSA) is 79.7 Å². The van der Waals surface area contributed by atoms with E-state index in [9.17, 15) is 13.5 Å². The third kappa shape index (κ3) is 3.05. The molecule has 1 unspecified atom stereocenters. The first-order chi connectivity index (χ1) is 12.6. The molecule has 1 N–H and O–H groups in total. The molecule has 7 heteroatoms. The van der Waals surface area contributed by atoms with E-state index >= 15 is 0 Å². The molecule has 0 saturated carbocycles. The van der Waals surface area contributed by atoms with Crippen molar-refractivity contribution in [3.63, 3.8) is 0 Å². The van der Waals surface area contributed by atoms with Crippen LogP contribution in [0.25, 0.3) is 10.8 Å². The molecule has 1 aliphatic heterocycles. The third-order valence-electron chi connectivity index (χ3n) is 4.53. The van der Waals surface area contributed by atoms with E-state index in [1.807, 2.05) is 12.1 Å². The van der Waals surface area contributed by atoms with Crippen LogP contribution in [0.15, 0.2) is 65.8 Å². The van der Waals surface area contributed by atoms with Gasteiger partial charge in [-0.1, -0.05) is 24.3 Å². The van der Waals surface area contributed by atoms with Crippen LogP contribution in [0.1, 0.15) is 11.7 Å². The predicted octanol–water partition coefficient (Wildman–Crippen LogP) is 2.70. The number of hydrogen-bond acceptors (Lipinski definition) is 5. The van der Waals surface area contributed by atoms with Gasteiger partial charge < -0.3 is 9.84 Å². The fraction of sp³-hybridized carbons (Fsp3) is 0.211. The largest absolute Gasteiger partial charge is 0.508 e. The molecule has 0 bridgehead atoms. The van der Waals surface area contributed by atoms with Gasteiger partial charge in [0.15, 0.2) is 0 Å². The Bertz CT molecular complexity index is 1050. The van der Waals surface area contributed by atoms with Crippen molar-refractivity contribution >= 4 is 20.8 Å². The summed E-state index contributed by atoms with van der Waals surface area (Å²) in [5, 5.41) is 11.1. The van der Waals surface area contributed by atoms with Crippen LogP contribution in [-0.4, -0.2) is 42.5 Å². The number of aromatic hydroxyl groups is 1. The number of aromatic nitrogens is 1. The fourth-order valence-corrected chi connectivity index (χ4v) is 4.87. The molecule has 0 radical (unpaired) electrons. The summed E-state index contributed by atoms with van der Waals surface area (Å²) in [6, 6.07) is 13.6. The molecule has 1 saturated heterocycles. The van der Waals surface area contributed by atoms with E-state index in [1.165, 1.54) is 4.31 Å². The highest BCUT2D eigenvalue weighted by Gasteiger charge is 2.32. The minimum atomic E-state index is -3.68. The highest BCUT2D eigenvalue weighted by Crippen LogP contribution is 2.30. The van der Waals surface area contributed by atoms with Crippen molar-refractivity contribution < 1.29 is 18.3 Å². The standard InChI is InChI=1S/C19H18N2O4S/c22-16-5-1-3-14(11-16)18-13-21(9-10-25-18)26(23,24)19-6-2-4-15-12-20-8-7-17(15)19/h1-8,11-12,18,22H,9-10,13H2. The Morgan fingerprint density at radius 1 is 1.15 bits per heavy atom. The van der Waals surface area contributed by atoms with Gasteiger partial charge in [0, 0.05) is 36.3 Å². The van der Waals surface area contributed by atoms with Gasteiger partial charge in [0.2, 0.25) is 10.0 Å². The van der Waals surface area contributed by atoms with Crippen LogP contribution in [-0.2, 0) is 14.8 Å². The van der Waals surface area contributed by atoms with Gasteiger partial charge in [0.25, 0.3) is 0 Å². The maximum atomic E-state index is 13.2. The Balaban J connectivity index is 1.69. The summed E-state index contributed by atoms with van der Waals surface area (Å²) in [5.41, 5.74) is 0.756. The molecule has 6 nitrogen and oxygen atoms in total. The second-order valence-corrected chi connectivity index (χ2v) is 8.08. The van der Waals surface area contributed by atoms with Gasteiger partial charge in [-0.05, 0) is 29.8 Å². The summed E-state index contributed by atoms with van der Waals surface area (Å²) in [5.74, 6) is 0.132. The Kier molecular flexibility index (Phi) is 4.36. The zero-order valence-electron chi connectivity index (χ0n) is 13.9. The highest BCUT2D eigenvalue weighted by molar-refractivity contribution is 7.89. The number of ether oxygens (including phenoxy) is 1. The summed E-state index contributed by atoms with van der Waals surface area (Å²) in [6.45, 7) is 0.790. The lowest BCUT2D eigenvalue weighted by molar-refractivity contribution is -0.00262. The monoisotopic (exact) mass is 370 g/mol. The quantitative estimate of drug-likeness (QED) is 0.767. The SMILES string of the molecule is O=S(=O)(c1cccc2cnccc12)N1CCOC(c2cccc(O)c2)C1. The van der Waals surface area contributed by atoms with Crippen LogP contribution < -0.4 is 0 Å². The number of sulfonamides is 1. The Morgan fingerprint density at radius 2 is 2.00 bits per heavy atom. The zero-order valence-corrected chi connectivity index (χ0v) is 14.8. The minimum absolute atomic E-state index is 0.132. The normalized spacial score (nSPS) is 18.8. The molecule has 1 aliphatic rings. The van der Waals surface area contributed by atoms with Crippen LogP contribution in [0.3, 0.4) is 0 Å². The van der Waals surface area contributed by atoms with Gasteiger partial charge >= 0.3 is 0 Å². The average molecular weight is 370 g/mol. The molecular weight excluding hydrogens is 352 g/mol. The fourth-order valence-electron chi connectivity index (χ4n) is 3.23. The van der Waals surface area contributed by atoms with Gasteiger partial charge in [0.05, 0.1) is 17.6 Å². The first-order valence-corrected chi connectivity index (χ1v) is 9.73. The molecule has 134 valence electrons. The number of hydrogen-bond donors (Lipinski definition) is 1. The summed E-state index contributed by atoms with van der Waals surface area (Å²) in [6.07, 6.45) is 2.83. The third-order valence-corrected chi connectivity index (χ3v) is 6.45. The van der Waals surface area contributed by atoms with E-state index in [2.05, 4.69) is 4.98 Å². The van der Waals surface area contributed by atoms with Gasteiger partial charge in [-0.25, -0.2) is 8.42 Å². The summed E-state index contributed by atoms with van der Waals surface area (Å²) in [4.78, 5) is 4.33. The van der Waals surface area contributed by atoms with Crippen molar-refractivity contribution in [2.75, 3.05) is 19.7 Å². The molecule has 2 aromatic carbocycles. The maximum Gasteiger partial charge on any atom is 0.243 e. The number of phenolic OH excluding ortho intramolecular Hbond substituents is 1. The summed E-state index contributed by atoms with van der Waals surface area (Å²) >= 11 is 0. The van der Waals surface area contributed by atoms with E-state index in [-0.39, 0.29) is 17.2 Å². The Hall–Kier alpha value is -2.48. The molecule has 1 fully saturated rings. The van der Waals surface area contributed by atoms with E-state index < -0.39 is 16.1 Å². The van der Waals surface area contributed by atoms with Gasteiger partial charge in [-0.15, -0.1) is 0 Å². The predicted molar refractivity (Wildman–Crippen MR) is 97.3 cm³/mol. The lowest BCUT2D eigenvalue weighted by Gasteiger charge is -2.32. The lowest BCUT2D eigenvalue weighted by atomic mass is 10.1. The number of benzene rings is 2. The lowest BCUT2D eigenvalue weighted by Crippen LogP contribution is -2.42. The van der Waals surface area contributed by atoms with Gasteiger partial charge in [-0.3, -0.25) is 4.98 Å². The number of rotatable bonds is 3. The molecular formula is C19H18N2O4S. The number of phenols is 1. The first kappa shape index (κ1) is 17.0.